The van der Waals surface area contributed by atoms with E-state index in [-0.39, 0.29) is 24.8 Å². The smallest absolute Gasteiger partial charge is 0.236 e. The average molecular weight is 440 g/mol. The zero-order valence-electron chi connectivity index (χ0n) is 18.0. The highest BCUT2D eigenvalue weighted by Crippen LogP contribution is 2.37. The summed E-state index contributed by atoms with van der Waals surface area (Å²) < 4.78 is 32.4. The molecule has 2 saturated heterocycles. The number of fused-ring (bicyclic) bond motifs is 1. The lowest BCUT2D eigenvalue weighted by Gasteiger charge is -2.37. The lowest BCUT2D eigenvalue weighted by Crippen LogP contribution is -2.54. The Kier molecular flexibility index (Phi) is 5.55. The Hall–Kier alpha value is -3.00. The van der Waals surface area contributed by atoms with E-state index in [4.69, 9.17) is 4.74 Å². The van der Waals surface area contributed by atoms with Gasteiger partial charge in [-0.15, -0.1) is 0 Å². The maximum atomic E-state index is 14.0. The number of alkyl halides is 1. The van der Waals surface area contributed by atoms with Gasteiger partial charge in [0.15, 0.2) is 0 Å². The summed E-state index contributed by atoms with van der Waals surface area (Å²) in [5, 5.41) is 0.933. The molecule has 4 heterocycles. The van der Waals surface area contributed by atoms with Gasteiger partial charge in [0.2, 0.25) is 5.91 Å². The van der Waals surface area contributed by atoms with Gasteiger partial charge in [-0.05, 0) is 61.8 Å². The molecule has 0 spiro atoms. The number of aromatic nitrogens is 2. The molecule has 5 rings (SSSR count). The highest BCUT2D eigenvalue weighted by molar-refractivity contribution is 5.95. The normalized spacial score (nSPS) is 18.2. The maximum Gasteiger partial charge on any atom is 0.236 e. The molecule has 2 aliphatic heterocycles. The number of carbonyl (C=O) groups is 1. The Labute approximate surface area is 185 Å². The fourth-order valence-corrected chi connectivity index (χ4v) is 4.71. The quantitative estimate of drug-likeness (QED) is 0.657. The molecule has 0 saturated carbocycles. The maximum absolute atomic E-state index is 14.0. The lowest BCUT2D eigenvalue weighted by molar-refractivity contribution is -0.139. The van der Waals surface area contributed by atoms with Crippen molar-refractivity contribution >= 4 is 16.9 Å². The van der Waals surface area contributed by atoms with Crippen molar-refractivity contribution in [2.24, 2.45) is 0 Å². The number of carbonyl (C=O) groups excluding carboxylic acids is 1. The van der Waals surface area contributed by atoms with Crippen molar-refractivity contribution < 1.29 is 18.3 Å². The fourth-order valence-electron chi connectivity index (χ4n) is 4.71. The number of hydrogen-bond acceptors (Lipinski definition) is 4. The minimum Gasteiger partial charge on any atom is -0.496 e. The number of halogens is 2. The van der Waals surface area contributed by atoms with E-state index >= 15 is 0 Å². The minimum atomic E-state index is -0.863. The number of ether oxygens (including phenoxy) is 1. The number of rotatable bonds is 5. The minimum absolute atomic E-state index is 0.0147. The molecule has 0 radical (unpaired) electrons. The predicted molar refractivity (Wildman–Crippen MR) is 118 cm³/mol. The van der Waals surface area contributed by atoms with Crippen LogP contribution in [0.4, 0.5) is 8.78 Å². The molecule has 8 heteroatoms. The number of H-pyrrole nitrogens is 1. The van der Waals surface area contributed by atoms with Crippen LogP contribution in [0.3, 0.4) is 0 Å². The van der Waals surface area contributed by atoms with E-state index in [2.05, 4.69) is 20.9 Å². The Morgan fingerprint density at radius 2 is 1.97 bits per heavy atom. The van der Waals surface area contributed by atoms with Crippen LogP contribution in [0, 0.1) is 5.82 Å². The molecule has 1 aromatic carbocycles. The summed E-state index contributed by atoms with van der Waals surface area (Å²) in [4.78, 5) is 23.9. The Balaban J connectivity index is 1.32. The van der Waals surface area contributed by atoms with E-state index in [0.29, 0.717) is 23.8 Å². The molecule has 0 bridgehead atoms. The van der Waals surface area contributed by atoms with Gasteiger partial charge in [-0.1, -0.05) is 0 Å². The van der Waals surface area contributed by atoms with Gasteiger partial charge >= 0.3 is 0 Å². The average Bonchev–Trinajstić information content (AvgIpc) is 3.22. The first kappa shape index (κ1) is 20.9. The molecule has 2 aromatic heterocycles. The van der Waals surface area contributed by atoms with Crippen molar-refractivity contribution in [1.29, 1.82) is 0 Å². The van der Waals surface area contributed by atoms with Gasteiger partial charge in [0, 0.05) is 28.8 Å². The number of methoxy groups -OCH3 is 1. The van der Waals surface area contributed by atoms with Crippen molar-refractivity contribution in [2.75, 3.05) is 39.8 Å². The number of piperidine rings is 1. The lowest BCUT2D eigenvalue weighted by atomic mass is 9.93. The van der Waals surface area contributed by atoms with E-state index in [1.54, 1.807) is 24.3 Å². The van der Waals surface area contributed by atoms with Gasteiger partial charge in [-0.25, -0.2) is 13.8 Å². The highest BCUT2D eigenvalue weighted by Gasteiger charge is 2.32. The van der Waals surface area contributed by atoms with Gasteiger partial charge in [0.05, 0.1) is 26.7 Å². The SMILES string of the molecule is COc1ccc(F)cc1-c1ccnc2[nH]c(C3CCN(CC(=O)N4CC(F)C4)CC3)cc12. The molecule has 0 aliphatic carbocycles. The van der Waals surface area contributed by atoms with Crippen LogP contribution in [0.1, 0.15) is 24.5 Å². The molecule has 6 nitrogen and oxygen atoms in total. The zero-order chi connectivity index (χ0) is 22.2. The third-order valence-electron chi connectivity index (χ3n) is 6.58. The number of amides is 1. The van der Waals surface area contributed by atoms with E-state index in [0.717, 1.165) is 48.2 Å². The van der Waals surface area contributed by atoms with Crippen LogP contribution >= 0.6 is 0 Å². The first-order chi connectivity index (χ1) is 15.5. The molecule has 1 N–H and O–H groups in total. The van der Waals surface area contributed by atoms with Crippen LogP contribution in [0.2, 0.25) is 0 Å². The molecule has 0 atom stereocenters. The third-order valence-corrected chi connectivity index (χ3v) is 6.58. The monoisotopic (exact) mass is 440 g/mol. The van der Waals surface area contributed by atoms with Crippen molar-refractivity contribution in [3.8, 4) is 16.9 Å². The van der Waals surface area contributed by atoms with Crippen molar-refractivity contribution in [1.82, 2.24) is 19.8 Å². The van der Waals surface area contributed by atoms with Gasteiger partial charge in [-0.3, -0.25) is 9.69 Å². The first-order valence-electron chi connectivity index (χ1n) is 11.0. The first-order valence-corrected chi connectivity index (χ1v) is 11.0. The zero-order valence-corrected chi connectivity index (χ0v) is 18.0. The third kappa shape index (κ3) is 3.95. The van der Waals surface area contributed by atoms with E-state index in [1.807, 2.05) is 6.07 Å². The second-order valence-electron chi connectivity index (χ2n) is 8.64. The van der Waals surface area contributed by atoms with Crippen LogP contribution in [-0.4, -0.2) is 71.7 Å². The van der Waals surface area contributed by atoms with Gasteiger partial charge < -0.3 is 14.6 Å². The fraction of sp³-hybridized carbons (Fsp3) is 0.417. The largest absolute Gasteiger partial charge is 0.496 e. The number of aromatic amines is 1. The molecule has 3 aromatic rings. The molecular formula is C24H26F2N4O2. The molecule has 32 heavy (non-hydrogen) atoms. The molecule has 168 valence electrons. The summed E-state index contributed by atoms with van der Waals surface area (Å²) in [5.74, 6) is 0.641. The second kappa shape index (κ2) is 8.50. The van der Waals surface area contributed by atoms with Crippen LogP contribution in [0.25, 0.3) is 22.2 Å². The summed E-state index contributed by atoms with van der Waals surface area (Å²) in [5.41, 5.74) is 3.43. The van der Waals surface area contributed by atoms with E-state index < -0.39 is 6.17 Å². The second-order valence-corrected chi connectivity index (χ2v) is 8.64. The molecule has 0 unspecified atom stereocenters. The summed E-state index contributed by atoms with van der Waals surface area (Å²) in [6, 6.07) is 8.49. The van der Waals surface area contributed by atoms with E-state index in [9.17, 15) is 13.6 Å². The van der Waals surface area contributed by atoms with Crippen LogP contribution in [-0.2, 0) is 4.79 Å². The van der Waals surface area contributed by atoms with Crippen LogP contribution in [0.5, 0.6) is 5.75 Å². The summed E-state index contributed by atoms with van der Waals surface area (Å²) in [6.07, 6.45) is 2.70. The van der Waals surface area contributed by atoms with Crippen LogP contribution in [0.15, 0.2) is 36.5 Å². The van der Waals surface area contributed by atoms with Gasteiger partial charge in [0.25, 0.3) is 0 Å². The number of nitrogens with one attached hydrogen (secondary N) is 1. The van der Waals surface area contributed by atoms with Crippen molar-refractivity contribution in [2.45, 2.75) is 24.9 Å². The number of benzene rings is 1. The molecule has 2 fully saturated rings. The van der Waals surface area contributed by atoms with Gasteiger partial charge in [0.1, 0.15) is 23.4 Å². The Morgan fingerprint density at radius 1 is 1.19 bits per heavy atom. The Morgan fingerprint density at radius 3 is 2.69 bits per heavy atom. The van der Waals surface area contributed by atoms with Crippen molar-refractivity contribution in [3.05, 3.63) is 48.0 Å². The topological polar surface area (TPSA) is 61.5 Å². The number of hydrogen-bond donors (Lipinski definition) is 1. The highest BCUT2D eigenvalue weighted by atomic mass is 19.1. The predicted octanol–water partition coefficient (Wildman–Crippen LogP) is 3.74. The molecule has 1 amide bonds. The summed E-state index contributed by atoms with van der Waals surface area (Å²) in [7, 11) is 1.58. The number of likely N-dealkylation sites (tertiary alicyclic amines) is 2. The van der Waals surface area contributed by atoms with Crippen LogP contribution < -0.4 is 4.74 Å². The summed E-state index contributed by atoms with van der Waals surface area (Å²) >= 11 is 0. The van der Waals surface area contributed by atoms with Crippen molar-refractivity contribution in [3.63, 3.8) is 0 Å². The number of pyridine rings is 1. The number of nitrogens with zero attached hydrogens (tertiary/aromatic N) is 3. The molecular weight excluding hydrogens is 414 g/mol. The standard InChI is InChI=1S/C24H26F2N4O2/c1-32-22-3-2-16(25)10-19(22)18-4-7-27-24-20(18)11-21(28-24)15-5-8-29(9-6-15)14-23(31)30-12-17(26)13-30/h2-4,7,10-11,15,17H,5-6,8-9,12-14H2,1H3,(H,27,28). The van der Waals surface area contributed by atoms with E-state index in [1.165, 1.54) is 12.1 Å². The Bertz CT molecular complexity index is 1130. The summed E-state index contributed by atoms with van der Waals surface area (Å²) in [6.45, 7) is 2.45. The van der Waals surface area contributed by atoms with Gasteiger partial charge in [-0.2, -0.15) is 0 Å². The molecule has 2 aliphatic rings.